The quantitative estimate of drug-likeness (QED) is 0.747. The lowest BCUT2D eigenvalue weighted by molar-refractivity contribution is -0.127. The van der Waals surface area contributed by atoms with Gasteiger partial charge in [0.15, 0.2) is 0 Å². The van der Waals surface area contributed by atoms with Crippen LogP contribution in [0.15, 0.2) is 24.3 Å². The van der Waals surface area contributed by atoms with Crippen LogP contribution in [0, 0.1) is 5.92 Å². The van der Waals surface area contributed by atoms with E-state index in [2.05, 4.69) is 24.5 Å². The molecule has 24 heavy (non-hydrogen) atoms. The lowest BCUT2D eigenvalue weighted by Crippen LogP contribution is -2.44. The van der Waals surface area contributed by atoms with E-state index in [-0.39, 0.29) is 18.3 Å². The second kappa shape index (κ2) is 10.3. The lowest BCUT2D eigenvalue weighted by Gasteiger charge is -2.31. The number of nitrogens with one attached hydrogen (secondary N) is 2. The monoisotopic (exact) mass is 372 g/mol. The summed E-state index contributed by atoms with van der Waals surface area (Å²) in [4.78, 5) is 12.9. The number of carbonyl (C=O) groups excluding carboxylic acids is 1. The van der Waals surface area contributed by atoms with E-state index in [1.54, 1.807) is 0 Å². The Morgan fingerprint density at radius 2 is 1.96 bits per heavy atom. The highest BCUT2D eigenvalue weighted by atomic mass is 35.5. The number of carbonyl (C=O) groups is 1. The van der Waals surface area contributed by atoms with Crippen molar-refractivity contribution in [1.29, 1.82) is 0 Å². The molecule has 1 aliphatic rings. The molecule has 0 saturated carbocycles. The molecule has 2 rings (SSSR count). The lowest BCUT2D eigenvalue weighted by atomic mass is 9.75. The van der Waals surface area contributed by atoms with E-state index in [9.17, 15) is 4.79 Å². The molecular formula is C19H30Cl2N2O. The maximum Gasteiger partial charge on any atom is 0.230 e. The fourth-order valence-corrected chi connectivity index (χ4v) is 3.73. The first-order valence-corrected chi connectivity index (χ1v) is 9.25. The topological polar surface area (TPSA) is 41.1 Å². The van der Waals surface area contributed by atoms with Crippen molar-refractivity contribution in [1.82, 2.24) is 10.6 Å². The molecule has 1 aromatic carbocycles. The molecule has 136 valence electrons. The third-order valence-electron chi connectivity index (χ3n) is 5.28. The van der Waals surface area contributed by atoms with Gasteiger partial charge in [0, 0.05) is 11.6 Å². The van der Waals surface area contributed by atoms with Gasteiger partial charge in [0.2, 0.25) is 5.91 Å². The summed E-state index contributed by atoms with van der Waals surface area (Å²) in [6, 6.07) is 7.72. The van der Waals surface area contributed by atoms with Crippen LogP contribution < -0.4 is 10.6 Å². The highest BCUT2D eigenvalue weighted by Crippen LogP contribution is 2.32. The van der Waals surface area contributed by atoms with Gasteiger partial charge in [-0.05, 0) is 68.8 Å². The predicted octanol–water partition coefficient (Wildman–Crippen LogP) is 4.33. The third kappa shape index (κ3) is 5.11. The Labute approximate surface area is 157 Å². The van der Waals surface area contributed by atoms with E-state index in [0.717, 1.165) is 44.5 Å². The van der Waals surface area contributed by atoms with Crippen molar-refractivity contribution in [2.45, 2.75) is 51.4 Å². The van der Waals surface area contributed by atoms with Crippen LogP contribution in [0.2, 0.25) is 5.02 Å². The number of amides is 1. The van der Waals surface area contributed by atoms with Gasteiger partial charge in [0.25, 0.3) is 0 Å². The van der Waals surface area contributed by atoms with Gasteiger partial charge in [-0.25, -0.2) is 0 Å². The van der Waals surface area contributed by atoms with Gasteiger partial charge in [0.1, 0.15) is 0 Å². The van der Waals surface area contributed by atoms with Crippen molar-refractivity contribution in [3.63, 3.8) is 0 Å². The molecule has 0 spiro atoms. The maximum absolute atomic E-state index is 12.9. The van der Waals surface area contributed by atoms with E-state index in [1.165, 1.54) is 12.8 Å². The minimum Gasteiger partial charge on any atom is -0.355 e. The molecule has 1 aromatic rings. The Kier molecular flexibility index (Phi) is 9.11. The summed E-state index contributed by atoms with van der Waals surface area (Å²) in [6.45, 7) is 7.15. The molecule has 1 heterocycles. The highest BCUT2D eigenvalue weighted by molar-refractivity contribution is 6.30. The van der Waals surface area contributed by atoms with Crippen LogP contribution in [0.5, 0.6) is 0 Å². The standard InChI is InChI=1S/C19H29ClN2O.ClH/c1-3-19(4-2,16-7-9-17(20)10-8-16)18(23)22-13-11-15-6-5-12-21-14-15;/h7-10,15,21H,3-6,11-14H2,1-2H3,(H,22,23);1H. The van der Waals surface area contributed by atoms with Crippen LogP contribution in [-0.4, -0.2) is 25.5 Å². The number of hydrogen-bond acceptors (Lipinski definition) is 2. The molecule has 0 aromatic heterocycles. The maximum atomic E-state index is 12.9. The summed E-state index contributed by atoms with van der Waals surface area (Å²) in [5.41, 5.74) is 0.610. The van der Waals surface area contributed by atoms with Crippen molar-refractivity contribution in [2.24, 2.45) is 5.92 Å². The highest BCUT2D eigenvalue weighted by Gasteiger charge is 2.36. The number of halogens is 2. The van der Waals surface area contributed by atoms with Crippen molar-refractivity contribution < 1.29 is 4.79 Å². The van der Waals surface area contributed by atoms with E-state index >= 15 is 0 Å². The van der Waals surface area contributed by atoms with Crippen molar-refractivity contribution in [3.05, 3.63) is 34.9 Å². The normalized spacial score (nSPS) is 17.9. The zero-order chi connectivity index (χ0) is 16.7. The summed E-state index contributed by atoms with van der Waals surface area (Å²) in [6.07, 6.45) is 5.16. The average Bonchev–Trinajstić information content (AvgIpc) is 2.59. The predicted molar refractivity (Wildman–Crippen MR) is 104 cm³/mol. The summed E-state index contributed by atoms with van der Waals surface area (Å²) in [7, 11) is 0. The first-order valence-electron chi connectivity index (χ1n) is 8.87. The Morgan fingerprint density at radius 3 is 2.50 bits per heavy atom. The third-order valence-corrected chi connectivity index (χ3v) is 5.53. The molecule has 1 atom stereocenters. The smallest absolute Gasteiger partial charge is 0.230 e. The first-order chi connectivity index (χ1) is 11.1. The molecule has 3 nitrogen and oxygen atoms in total. The molecular weight excluding hydrogens is 343 g/mol. The van der Waals surface area contributed by atoms with Crippen molar-refractivity contribution in [3.8, 4) is 0 Å². The van der Waals surface area contributed by atoms with E-state index in [1.807, 2.05) is 24.3 Å². The molecule has 2 N–H and O–H groups in total. The van der Waals surface area contributed by atoms with E-state index in [4.69, 9.17) is 11.6 Å². The average molecular weight is 373 g/mol. The van der Waals surface area contributed by atoms with E-state index < -0.39 is 5.41 Å². The minimum absolute atomic E-state index is 0. The molecule has 0 bridgehead atoms. The van der Waals surface area contributed by atoms with Crippen molar-refractivity contribution in [2.75, 3.05) is 19.6 Å². The Bertz CT molecular complexity index is 495. The largest absolute Gasteiger partial charge is 0.355 e. The minimum atomic E-state index is -0.449. The number of piperidine rings is 1. The second-order valence-electron chi connectivity index (χ2n) is 6.55. The fraction of sp³-hybridized carbons (Fsp3) is 0.632. The van der Waals surface area contributed by atoms with Gasteiger partial charge in [-0.3, -0.25) is 4.79 Å². The zero-order valence-electron chi connectivity index (χ0n) is 14.7. The van der Waals surface area contributed by atoms with Crippen LogP contribution in [-0.2, 0) is 10.2 Å². The van der Waals surface area contributed by atoms with Crippen LogP contribution in [0.1, 0.15) is 51.5 Å². The number of hydrogen-bond donors (Lipinski definition) is 2. The van der Waals surface area contributed by atoms with Crippen molar-refractivity contribution >= 4 is 29.9 Å². The van der Waals surface area contributed by atoms with Crippen LogP contribution in [0.4, 0.5) is 0 Å². The second-order valence-corrected chi connectivity index (χ2v) is 6.99. The summed E-state index contributed by atoms with van der Waals surface area (Å²) in [5.74, 6) is 0.839. The molecule has 0 aliphatic carbocycles. The Morgan fingerprint density at radius 1 is 1.29 bits per heavy atom. The van der Waals surface area contributed by atoms with Gasteiger partial charge in [-0.1, -0.05) is 37.6 Å². The fourth-order valence-electron chi connectivity index (χ4n) is 3.61. The Balaban J connectivity index is 0.00000288. The zero-order valence-corrected chi connectivity index (χ0v) is 16.3. The number of benzene rings is 1. The summed E-state index contributed by atoms with van der Waals surface area (Å²) < 4.78 is 0. The SMILES string of the molecule is CCC(CC)(C(=O)NCCC1CCCNC1)c1ccc(Cl)cc1.Cl. The molecule has 1 aliphatic heterocycles. The van der Waals surface area contributed by atoms with Gasteiger partial charge in [-0.2, -0.15) is 0 Å². The molecule has 1 amide bonds. The van der Waals surface area contributed by atoms with Crippen LogP contribution >= 0.6 is 24.0 Å². The molecule has 0 radical (unpaired) electrons. The van der Waals surface area contributed by atoms with Crippen LogP contribution in [0.25, 0.3) is 0 Å². The van der Waals surface area contributed by atoms with Gasteiger partial charge in [0.05, 0.1) is 5.41 Å². The first kappa shape index (κ1) is 21.3. The molecule has 1 fully saturated rings. The molecule has 5 heteroatoms. The van der Waals surface area contributed by atoms with E-state index in [0.29, 0.717) is 10.9 Å². The number of rotatable bonds is 7. The van der Waals surface area contributed by atoms with Gasteiger partial charge < -0.3 is 10.6 Å². The molecule has 1 unspecified atom stereocenters. The molecule has 1 saturated heterocycles. The Hall–Kier alpha value is -0.770. The van der Waals surface area contributed by atoms with Crippen LogP contribution in [0.3, 0.4) is 0 Å². The summed E-state index contributed by atoms with van der Waals surface area (Å²) in [5, 5.41) is 7.33. The van der Waals surface area contributed by atoms with Gasteiger partial charge in [-0.15, -0.1) is 12.4 Å². The van der Waals surface area contributed by atoms with Gasteiger partial charge >= 0.3 is 0 Å². The summed E-state index contributed by atoms with van der Waals surface area (Å²) >= 11 is 5.99.